The van der Waals surface area contributed by atoms with Gasteiger partial charge in [0.25, 0.3) is 0 Å². The van der Waals surface area contributed by atoms with Crippen LogP contribution in [0.5, 0.6) is 0 Å². The van der Waals surface area contributed by atoms with Crippen molar-refractivity contribution in [3.8, 4) is 0 Å². The number of nitrogens with zero attached hydrogens (tertiary/aromatic N) is 1. The maximum atomic E-state index is 13.8. The van der Waals surface area contributed by atoms with E-state index in [-0.39, 0.29) is 48.4 Å². The monoisotopic (exact) mass is 504 g/mol. The highest BCUT2D eigenvalue weighted by Crippen LogP contribution is 2.57. The number of amides is 2. The van der Waals surface area contributed by atoms with Crippen LogP contribution in [0.15, 0.2) is 25.3 Å². The van der Waals surface area contributed by atoms with Crippen LogP contribution in [-0.4, -0.2) is 65.9 Å². The van der Waals surface area contributed by atoms with Crippen LogP contribution in [-0.2, 0) is 23.9 Å². The van der Waals surface area contributed by atoms with E-state index in [1.807, 2.05) is 13.0 Å². The summed E-state index contributed by atoms with van der Waals surface area (Å²) in [6.45, 7) is 16.4. The summed E-state index contributed by atoms with van der Waals surface area (Å²) in [6, 6.07) is -1.58. The third-order valence-corrected chi connectivity index (χ3v) is 7.46. The molecule has 8 heteroatoms. The first-order valence-corrected chi connectivity index (χ1v) is 12.9. The van der Waals surface area contributed by atoms with Crippen LogP contribution in [0.3, 0.4) is 0 Å². The van der Waals surface area contributed by atoms with Gasteiger partial charge in [0.15, 0.2) is 5.78 Å². The number of methoxy groups -OCH3 is 1. The number of rotatable bonds is 13. The third kappa shape index (κ3) is 7.05. The second-order valence-electron chi connectivity index (χ2n) is 11.2. The smallest absolute Gasteiger partial charge is 0.408 e. The van der Waals surface area contributed by atoms with E-state index in [0.717, 1.165) is 12.8 Å². The summed E-state index contributed by atoms with van der Waals surface area (Å²) >= 11 is 0. The molecule has 0 aromatic carbocycles. The van der Waals surface area contributed by atoms with Crippen molar-refractivity contribution in [2.24, 2.45) is 17.3 Å². The summed E-state index contributed by atoms with van der Waals surface area (Å²) in [5.41, 5.74) is -1.44. The maximum absolute atomic E-state index is 13.8. The number of allylic oxidation sites excluding steroid dienone is 2. The van der Waals surface area contributed by atoms with Gasteiger partial charge in [-0.3, -0.25) is 14.4 Å². The van der Waals surface area contributed by atoms with E-state index in [9.17, 15) is 19.2 Å². The van der Waals surface area contributed by atoms with Gasteiger partial charge in [0, 0.05) is 31.4 Å². The van der Waals surface area contributed by atoms with E-state index < -0.39 is 29.2 Å². The molecular formula is C28H44N2O6. The number of likely N-dealkylation sites (tertiary alicyclic amines) is 1. The Morgan fingerprint density at radius 1 is 1.19 bits per heavy atom. The van der Waals surface area contributed by atoms with Crippen molar-refractivity contribution in [2.75, 3.05) is 13.7 Å². The Morgan fingerprint density at radius 3 is 2.36 bits per heavy atom. The average Bonchev–Trinajstić information content (AvgIpc) is 3.40. The number of Topliss-reactive ketones (excluding diaryl/α,β-unsaturated/α-hetero) is 2. The minimum absolute atomic E-state index is 0.0236. The van der Waals surface area contributed by atoms with E-state index in [0.29, 0.717) is 19.3 Å². The Labute approximate surface area is 215 Å². The van der Waals surface area contributed by atoms with Gasteiger partial charge in [-0.2, -0.15) is 0 Å². The topological polar surface area (TPSA) is 102 Å². The molecular weight excluding hydrogens is 460 g/mol. The summed E-state index contributed by atoms with van der Waals surface area (Å²) in [7, 11) is 1.56. The molecule has 2 fully saturated rings. The van der Waals surface area contributed by atoms with Crippen molar-refractivity contribution in [1.82, 2.24) is 10.2 Å². The van der Waals surface area contributed by atoms with E-state index in [1.165, 1.54) is 11.8 Å². The summed E-state index contributed by atoms with van der Waals surface area (Å²) in [4.78, 5) is 53.9. The first-order chi connectivity index (χ1) is 16.8. The molecule has 2 amide bonds. The SMILES string of the molecule is C=CCCCC[C@H](NC(=O)OC(C)(C)C)C(=O)N1C[C@H](OC)C(C)[C@H]1C(=O)C[C@]1(C(C)=O)C[C@H]1C=C. The van der Waals surface area contributed by atoms with E-state index in [2.05, 4.69) is 18.5 Å². The molecule has 1 heterocycles. The zero-order chi connectivity index (χ0) is 27.3. The number of ketones is 2. The van der Waals surface area contributed by atoms with Gasteiger partial charge in [0.1, 0.15) is 17.4 Å². The Hall–Kier alpha value is -2.48. The molecule has 1 N–H and O–H groups in total. The summed E-state index contributed by atoms with van der Waals surface area (Å²) in [5.74, 6) is -0.794. The summed E-state index contributed by atoms with van der Waals surface area (Å²) in [5, 5.41) is 2.73. The first-order valence-electron chi connectivity index (χ1n) is 12.9. The predicted octanol–water partition coefficient (Wildman–Crippen LogP) is 4.23. The normalized spacial score (nSPS) is 28.2. The first kappa shape index (κ1) is 29.7. The van der Waals surface area contributed by atoms with Gasteiger partial charge in [0.2, 0.25) is 5.91 Å². The number of hydrogen-bond donors (Lipinski definition) is 1. The lowest BCUT2D eigenvalue weighted by Crippen LogP contribution is -2.53. The molecule has 1 unspecified atom stereocenters. The van der Waals surface area contributed by atoms with Crippen molar-refractivity contribution in [3.63, 3.8) is 0 Å². The van der Waals surface area contributed by atoms with Crippen molar-refractivity contribution in [2.45, 2.75) is 96.9 Å². The minimum atomic E-state index is -0.841. The Kier molecular flexibility index (Phi) is 10.1. The van der Waals surface area contributed by atoms with Gasteiger partial charge in [-0.25, -0.2) is 4.79 Å². The molecule has 2 aliphatic rings. The fourth-order valence-corrected chi connectivity index (χ4v) is 5.28. The lowest BCUT2D eigenvalue weighted by Gasteiger charge is -2.31. The maximum Gasteiger partial charge on any atom is 0.408 e. The lowest BCUT2D eigenvalue weighted by molar-refractivity contribution is -0.141. The Bertz CT molecular complexity index is 863. The molecule has 0 bridgehead atoms. The second kappa shape index (κ2) is 12.2. The molecule has 0 radical (unpaired) electrons. The average molecular weight is 505 g/mol. The quantitative estimate of drug-likeness (QED) is 0.298. The molecule has 0 aromatic heterocycles. The van der Waals surface area contributed by atoms with Crippen LogP contribution in [0, 0.1) is 17.3 Å². The highest BCUT2D eigenvalue weighted by atomic mass is 16.6. The van der Waals surface area contributed by atoms with Crippen LogP contribution in [0.25, 0.3) is 0 Å². The largest absolute Gasteiger partial charge is 0.444 e. The van der Waals surface area contributed by atoms with Gasteiger partial charge < -0.3 is 19.7 Å². The fourth-order valence-electron chi connectivity index (χ4n) is 5.28. The van der Waals surface area contributed by atoms with Crippen LogP contribution in [0.1, 0.15) is 73.1 Å². The van der Waals surface area contributed by atoms with Gasteiger partial charge in [-0.05, 0) is 59.3 Å². The molecule has 2 rings (SSSR count). The van der Waals surface area contributed by atoms with Gasteiger partial charge in [0.05, 0.1) is 12.1 Å². The minimum Gasteiger partial charge on any atom is -0.444 e. The molecule has 8 nitrogen and oxygen atoms in total. The van der Waals surface area contributed by atoms with Crippen molar-refractivity contribution in [1.29, 1.82) is 0 Å². The van der Waals surface area contributed by atoms with Crippen LogP contribution in [0.4, 0.5) is 4.79 Å². The fraction of sp³-hybridized carbons (Fsp3) is 0.714. The summed E-state index contributed by atoms with van der Waals surface area (Å²) < 4.78 is 11.0. The number of nitrogens with one attached hydrogen (secondary N) is 1. The van der Waals surface area contributed by atoms with Crippen LogP contribution >= 0.6 is 0 Å². The number of ether oxygens (including phenoxy) is 2. The zero-order valence-electron chi connectivity index (χ0n) is 22.8. The predicted molar refractivity (Wildman–Crippen MR) is 138 cm³/mol. The molecule has 0 spiro atoms. The Balaban J connectivity index is 2.27. The van der Waals surface area contributed by atoms with Crippen LogP contribution in [0.2, 0.25) is 0 Å². The molecule has 1 saturated carbocycles. The molecule has 1 aliphatic carbocycles. The lowest BCUT2D eigenvalue weighted by atomic mass is 9.86. The van der Waals surface area contributed by atoms with E-state index >= 15 is 0 Å². The zero-order valence-corrected chi connectivity index (χ0v) is 22.8. The van der Waals surface area contributed by atoms with Gasteiger partial charge >= 0.3 is 6.09 Å². The van der Waals surface area contributed by atoms with Crippen molar-refractivity contribution < 1.29 is 28.7 Å². The standard InChI is InChI=1S/C28H44N2O6/c1-9-11-12-13-14-21(29-26(34)36-27(5,6)7)25(33)30-17-23(35-8)18(3)24(30)22(32)16-28(19(4)31)15-20(28)10-2/h9-10,18,20-21,23-24H,1-2,11-17H2,3-8H3,(H,29,34)/t18?,20-,21+,23+,24+,28+/m1/s1. The highest BCUT2D eigenvalue weighted by molar-refractivity contribution is 5.97. The number of hydrogen-bond acceptors (Lipinski definition) is 6. The molecule has 1 saturated heterocycles. The van der Waals surface area contributed by atoms with Crippen molar-refractivity contribution in [3.05, 3.63) is 25.3 Å². The van der Waals surface area contributed by atoms with Crippen LogP contribution < -0.4 is 5.32 Å². The van der Waals surface area contributed by atoms with E-state index in [4.69, 9.17) is 9.47 Å². The highest BCUT2D eigenvalue weighted by Gasteiger charge is 2.59. The second-order valence-corrected chi connectivity index (χ2v) is 11.2. The number of carbonyl (C=O) groups is 4. The number of carbonyl (C=O) groups excluding carboxylic acids is 4. The molecule has 6 atom stereocenters. The molecule has 36 heavy (non-hydrogen) atoms. The van der Waals surface area contributed by atoms with Gasteiger partial charge in [-0.15, -0.1) is 13.2 Å². The molecule has 202 valence electrons. The number of alkyl carbamates (subject to hydrolysis) is 1. The summed E-state index contributed by atoms with van der Waals surface area (Å²) in [6.07, 6.45) is 5.96. The molecule has 0 aromatic rings. The number of unbranched alkanes of at least 4 members (excludes halogenated alkanes) is 2. The van der Waals surface area contributed by atoms with Gasteiger partial charge in [-0.1, -0.05) is 25.5 Å². The molecule has 1 aliphatic heterocycles. The van der Waals surface area contributed by atoms with Crippen molar-refractivity contribution >= 4 is 23.6 Å². The van der Waals surface area contributed by atoms with E-state index in [1.54, 1.807) is 34.0 Å². The Morgan fingerprint density at radius 2 is 1.86 bits per heavy atom. The third-order valence-electron chi connectivity index (χ3n) is 7.46.